The van der Waals surface area contributed by atoms with Gasteiger partial charge in [-0.05, 0) is 56.7 Å². The average Bonchev–Trinajstić information content (AvgIpc) is 2.40. The van der Waals surface area contributed by atoms with E-state index in [4.69, 9.17) is 0 Å². The number of halogens is 1. The van der Waals surface area contributed by atoms with Gasteiger partial charge in [-0.2, -0.15) is 0 Å². The molecule has 1 N–H and O–H groups in total. The van der Waals surface area contributed by atoms with Crippen molar-refractivity contribution in [3.05, 3.63) is 52.6 Å². The van der Waals surface area contributed by atoms with Gasteiger partial charge in [0.05, 0.1) is 0 Å². The van der Waals surface area contributed by atoms with Crippen LogP contribution in [0.3, 0.4) is 0 Å². The first-order chi connectivity index (χ1) is 9.42. The molecule has 0 aliphatic rings. The lowest BCUT2D eigenvalue weighted by Crippen LogP contribution is -2.35. The molecule has 2 nitrogen and oxygen atoms in total. The fraction of sp³-hybridized carbons (Fsp3) is 0.312. The Kier molecular flexibility index (Phi) is 5.24. The van der Waals surface area contributed by atoms with Gasteiger partial charge in [-0.15, -0.1) is 0 Å². The molecule has 1 aromatic carbocycles. The van der Waals surface area contributed by atoms with Crippen LogP contribution in [-0.2, 0) is 6.54 Å². The molecule has 1 aromatic heterocycles. The van der Waals surface area contributed by atoms with E-state index in [1.165, 1.54) is 10.5 Å². The van der Waals surface area contributed by atoms with Gasteiger partial charge in [-0.25, -0.2) is 4.98 Å². The minimum Gasteiger partial charge on any atom is -0.308 e. The first-order valence-corrected chi connectivity index (χ1v) is 8.17. The highest BCUT2D eigenvalue weighted by atomic mass is 79.9. The molecule has 0 atom stereocenters. The molecule has 106 valence electrons. The first-order valence-electron chi connectivity index (χ1n) is 6.56. The summed E-state index contributed by atoms with van der Waals surface area (Å²) >= 11 is 5.12. The predicted molar refractivity (Wildman–Crippen MR) is 89.1 cm³/mol. The molecule has 0 fully saturated rings. The third-order valence-electron chi connectivity index (χ3n) is 2.66. The molecular formula is C16H19BrN2S. The molecule has 2 aromatic rings. The standard InChI is InChI=1S/C16H19BrN2S/c1-16(2,3)19-11-12-4-9-15(18-10-12)20-14-7-5-13(17)6-8-14/h4-10,19H,11H2,1-3H3. The number of rotatable bonds is 4. The lowest BCUT2D eigenvalue weighted by molar-refractivity contribution is 0.424. The maximum absolute atomic E-state index is 4.51. The van der Waals surface area contributed by atoms with Gasteiger partial charge in [0.15, 0.2) is 0 Å². The number of hydrogen-bond acceptors (Lipinski definition) is 3. The lowest BCUT2D eigenvalue weighted by Gasteiger charge is -2.20. The van der Waals surface area contributed by atoms with E-state index in [1.54, 1.807) is 11.8 Å². The highest BCUT2D eigenvalue weighted by molar-refractivity contribution is 9.10. The second kappa shape index (κ2) is 6.74. The van der Waals surface area contributed by atoms with Crippen molar-refractivity contribution in [3.63, 3.8) is 0 Å². The Morgan fingerprint density at radius 1 is 1.10 bits per heavy atom. The molecule has 1 heterocycles. The molecular weight excluding hydrogens is 332 g/mol. The smallest absolute Gasteiger partial charge is 0.101 e. The van der Waals surface area contributed by atoms with Crippen LogP contribution in [0.4, 0.5) is 0 Å². The molecule has 0 aliphatic heterocycles. The van der Waals surface area contributed by atoms with Crippen LogP contribution in [0.1, 0.15) is 26.3 Å². The van der Waals surface area contributed by atoms with E-state index in [9.17, 15) is 0 Å². The van der Waals surface area contributed by atoms with E-state index in [1.807, 2.05) is 18.3 Å². The molecule has 2 rings (SSSR count). The molecule has 0 aliphatic carbocycles. The van der Waals surface area contributed by atoms with Crippen LogP contribution < -0.4 is 5.32 Å². The number of pyridine rings is 1. The Bertz CT molecular complexity index is 544. The van der Waals surface area contributed by atoms with Gasteiger partial charge in [0.2, 0.25) is 0 Å². The Labute approximate surface area is 133 Å². The summed E-state index contributed by atoms with van der Waals surface area (Å²) in [6, 6.07) is 12.5. The lowest BCUT2D eigenvalue weighted by atomic mass is 10.1. The van der Waals surface area contributed by atoms with Gasteiger partial charge >= 0.3 is 0 Å². The summed E-state index contributed by atoms with van der Waals surface area (Å²) in [7, 11) is 0. The van der Waals surface area contributed by atoms with E-state index in [0.29, 0.717) is 0 Å². The summed E-state index contributed by atoms with van der Waals surface area (Å²) in [5.74, 6) is 0. The number of aromatic nitrogens is 1. The van der Waals surface area contributed by atoms with Gasteiger partial charge in [0.25, 0.3) is 0 Å². The highest BCUT2D eigenvalue weighted by Gasteiger charge is 2.08. The van der Waals surface area contributed by atoms with Crippen molar-refractivity contribution in [1.29, 1.82) is 0 Å². The Morgan fingerprint density at radius 2 is 1.80 bits per heavy atom. The molecule has 20 heavy (non-hydrogen) atoms. The van der Waals surface area contributed by atoms with Crippen LogP contribution in [0, 0.1) is 0 Å². The fourth-order valence-corrected chi connectivity index (χ4v) is 2.59. The molecule has 0 bridgehead atoms. The first kappa shape index (κ1) is 15.5. The zero-order valence-corrected chi connectivity index (χ0v) is 14.4. The maximum atomic E-state index is 4.51. The van der Waals surface area contributed by atoms with Crippen LogP contribution in [0.2, 0.25) is 0 Å². The van der Waals surface area contributed by atoms with Crippen LogP contribution in [-0.4, -0.2) is 10.5 Å². The largest absolute Gasteiger partial charge is 0.308 e. The molecule has 4 heteroatoms. The zero-order valence-electron chi connectivity index (χ0n) is 12.0. The summed E-state index contributed by atoms with van der Waals surface area (Å²) in [6.45, 7) is 7.34. The number of nitrogens with one attached hydrogen (secondary N) is 1. The minimum atomic E-state index is 0.130. The zero-order chi connectivity index (χ0) is 14.6. The fourth-order valence-electron chi connectivity index (χ4n) is 1.57. The predicted octanol–water partition coefficient (Wildman–Crippen LogP) is 4.88. The van der Waals surface area contributed by atoms with Gasteiger partial charge < -0.3 is 5.32 Å². The Morgan fingerprint density at radius 3 is 2.35 bits per heavy atom. The molecule has 0 saturated carbocycles. The average molecular weight is 351 g/mol. The summed E-state index contributed by atoms with van der Waals surface area (Å²) in [4.78, 5) is 5.70. The van der Waals surface area contributed by atoms with Crippen LogP contribution in [0.15, 0.2) is 57.0 Å². The van der Waals surface area contributed by atoms with Crippen molar-refractivity contribution in [3.8, 4) is 0 Å². The van der Waals surface area contributed by atoms with Crippen molar-refractivity contribution in [1.82, 2.24) is 10.3 Å². The second-order valence-electron chi connectivity index (χ2n) is 5.66. The summed E-state index contributed by atoms with van der Waals surface area (Å²) < 4.78 is 1.10. The van der Waals surface area contributed by atoms with E-state index < -0.39 is 0 Å². The topological polar surface area (TPSA) is 24.9 Å². The van der Waals surface area contributed by atoms with E-state index in [2.05, 4.69) is 71.3 Å². The highest BCUT2D eigenvalue weighted by Crippen LogP contribution is 2.27. The number of hydrogen-bond donors (Lipinski definition) is 1. The second-order valence-corrected chi connectivity index (χ2v) is 7.67. The number of nitrogens with zero attached hydrogens (tertiary/aromatic N) is 1. The Hall–Kier alpha value is -0.840. The SMILES string of the molecule is CC(C)(C)NCc1ccc(Sc2ccc(Br)cc2)nc1. The molecule has 0 spiro atoms. The summed E-state index contributed by atoms with van der Waals surface area (Å²) in [6.07, 6.45) is 1.94. The van der Waals surface area contributed by atoms with Crippen molar-refractivity contribution in [2.45, 2.75) is 42.8 Å². The van der Waals surface area contributed by atoms with Crippen molar-refractivity contribution in [2.24, 2.45) is 0 Å². The molecule has 0 saturated heterocycles. The van der Waals surface area contributed by atoms with Gasteiger partial charge in [-0.3, -0.25) is 0 Å². The van der Waals surface area contributed by atoms with Crippen LogP contribution in [0.5, 0.6) is 0 Å². The Balaban J connectivity index is 1.96. The van der Waals surface area contributed by atoms with Gasteiger partial charge in [0.1, 0.15) is 5.03 Å². The van der Waals surface area contributed by atoms with Crippen molar-refractivity contribution < 1.29 is 0 Å². The van der Waals surface area contributed by atoms with Crippen molar-refractivity contribution >= 4 is 27.7 Å². The van der Waals surface area contributed by atoms with Crippen LogP contribution >= 0.6 is 27.7 Å². The van der Waals surface area contributed by atoms with Crippen molar-refractivity contribution in [2.75, 3.05) is 0 Å². The molecule has 0 amide bonds. The van der Waals surface area contributed by atoms with Crippen LogP contribution in [0.25, 0.3) is 0 Å². The van der Waals surface area contributed by atoms with Gasteiger partial charge in [-0.1, -0.05) is 33.8 Å². The minimum absolute atomic E-state index is 0.130. The normalized spacial score (nSPS) is 11.6. The van der Waals surface area contributed by atoms with E-state index >= 15 is 0 Å². The number of benzene rings is 1. The maximum Gasteiger partial charge on any atom is 0.101 e. The third-order valence-corrected chi connectivity index (χ3v) is 4.14. The monoisotopic (exact) mass is 350 g/mol. The molecule has 0 unspecified atom stereocenters. The van der Waals surface area contributed by atoms with E-state index in [0.717, 1.165) is 16.0 Å². The summed E-state index contributed by atoms with van der Waals surface area (Å²) in [5, 5.41) is 4.48. The molecule has 0 radical (unpaired) electrons. The summed E-state index contributed by atoms with van der Waals surface area (Å²) in [5.41, 5.74) is 1.34. The van der Waals surface area contributed by atoms with Gasteiger partial charge in [0, 0.05) is 27.6 Å². The van der Waals surface area contributed by atoms with E-state index in [-0.39, 0.29) is 5.54 Å². The third kappa shape index (κ3) is 5.27. The quantitative estimate of drug-likeness (QED) is 0.850.